The number of benzene rings is 1. The van der Waals surface area contributed by atoms with Gasteiger partial charge in [-0.3, -0.25) is 14.4 Å². The number of hydrogen-bond donors (Lipinski definition) is 1. The second kappa shape index (κ2) is 12.9. The number of rotatable bonds is 13. The molecule has 3 saturated heterocycles. The van der Waals surface area contributed by atoms with E-state index >= 15 is 4.79 Å². The predicted octanol–water partition coefficient (Wildman–Crippen LogP) is 5.93. The van der Waals surface area contributed by atoms with Crippen molar-refractivity contribution in [3.63, 3.8) is 0 Å². The molecule has 8 heteroatoms. The Labute approximate surface area is 275 Å². The van der Waals surface area contributed by atoms with Gasteiger partial charge in [0.25, 0.3) is 0 Å². The molecule has 1 aromatic rings. The average molecular weight is 638 g/mol. The first-order chi connectivity index (χ1) is 21.0. The molecular formula is C37H55N3O4S. The maximum atomic E-state index is 15.1. The summed E-state index contributed by atoms with van der Waals surface area (Å²) in [7, 11) is 0. The number of hydrogen-bond acceptors (Lipinski definition) is 5. The molecule has 2 unspecified atom stereocenters. The number of carbonyl (C=O) groups excluding carboxylic acids is 3. The quantitative estimate of drug-likeness (QED) is 0.271. The lowest BCUT2D eigenvalue weighted by Gasteiger charge is -2.47. The molecule has 45 heavy (non-hydrogen) atoms. The molecule has 1 aromatic carbocycles. The van der Waals surface area contributed by atoms with E-state index in [1.165, 1.54) is 0 Å². The highest BCUT2D eigenvalue weighted by Crippen LogP contribution is 2.72. The fraction of sp³-hybridized carbons (Fsp3) is 0.649. The number of likely N-dealkylation sites (tertiary alicyclic amines) is 1. The Morgan fingerprint density at radius 1 is 1.07 bits per heavy atom. The molecule has 3 aliphatic heterocycles. The molecule has 0 aliphatic carbocycles. The van der Waals surface area contributed by atoms with Crippen molar-refractivity contribution in [1.82, 2.24) is 14.7 Å². The SMILES string of the molecule is C=CCN(Cc1ccccc1)C(=O)[C@H]1[C@H]2C(=O)N([C@@H](CO)C(C)C)C(C(=O)N(CC=C)C(C)(C)CC(C)(C)C)C23CC[C@]1(C)S3. The van der Waals surface area contributed by atoms with Crippen LogP contribution in [0.4, 0.5) is 0 Å². The zero-order valence-corrected chi connectivity index (χ0v) is 29.5. The summed E-state index contributed by atoms with van der Waals surface area (Å²) in [6, 6.07) is 8.54. The number of amides is 3. The summed E-state index contributed by atoms with van der Waals surface area (Å²) in [6.45, 7) is 25.5. The zero-order chi connectivity index (χ0) is 33.5. The third-order valence-electron chi connectivity index (χ3n) is 10.2. The van der Waals surface area contributed by atoms with Gasteiger partial charge in [0, 0.05) is 29.9 Å². The number of aliphatic hydroxyl groups excluding tert-OH is 1. The first-order valence-corrected chi connectivity index (χ1v) is 17.3. The van der Waals surface area contributed by atoms with Gasteiger partial charge in [0.1, 0.15) is 6.04 Å². The second-order valence-electron chi connectivity index (χ2n) is 15.7. The van der Waals surface area contributed by atoms with E-state index < -0.39 is 39.0 Å². The highest BCUT2D eigenvalue weighted by molar-refractivity contribution is 8.02. The summed E-state index contributed by atoms with van der Waals surface area (Å²) in [4.78, 5) is 50.1. The number of aliphatic hydroxyl groups is 1. The van der Waals surface area contributed by atoms with E-state index in [4.69, 9.17) is 0 Å². The Bertz CT molecular complexity index is 1290. The maximum absolute atomic E-state index is 15.1. The van der Waals surface area contributed by atoms with Gasteiger partial charge >= 0.3 is 0 Å². The molecule has 0 aromatic heterocycles. The topological polar surface area (TPSA) is 81.2 Å². The standard InChI is InChI=1S/C37H55N3O4S/c1-11-20-38(22-26-16-14-13-15-17-26)31(42)28-29-32(43)40(27(23-41)25(3)4)30(37(29)19-18-36(28,10)45-37)33(44)39(21-12-2)35(8,9)24-34(5,6)7/h11-17,25,27-30,41H,1-2,18-24H2,3-10H3/t27-,28+,29-,30?,36-,37?/m0/s1. The van der Waals surface area contributed by atoms with Crippen molar-refractivity contribution in [1.29, 1.82) is 0 Å². The van der Waals surface area contributed by atoms with Gasteiger partial charge in [0.05, 0.1) is 29.2 Å². The van der Waals surface area contributed by atoms with Gasteiger partial charge in [0.15, 0.2) is 0 Å². The third-order valence-corrected chi connectivity index (χ3v) is 12.2. The minimum absolute atomic E-state index is 0.0420. The molecule has 6 atom stereocenters. The van der Waals surface area contributed by atoms with Crippen LogP contribution in [0.3, 0.4) is 0 Å². The summed E-state index contributed by atoms with van der Waals surface area (Å²) in [5, 5.41) is 10.7. The highest BCUT2D eigenvalue weighted by Gasteiger charge is 2.78. The van der Waals surface area contributed by atoms with Gasteiger partial charge in [-0.2, -0.15) is 0 Å². The Kier molecular flexibility index (Phi) is 10.1. The van der Waals surface area contributed by atoms with E-state index in [9.17, 15) is 14.7 Å². The van der Waals surface area contributed by atoms with E-state index in [0.29, 0.717) is 26.1 Å². The molecule has 1 spiro atoms. The van der Waals surface area contributed by atoms with E-state index in [1.807, 2.05) is 54.0 Å². The second-order valence-corrected chi connectivity index (χ2v) is 17.6. The number of thioether (sulfide) groups is 1. The molecule has 3 aliphatic rings. The summed E-state index contributed by atoms with van der Waals surface area (Å²) in [5.74, 6) is -1.69. The molecule has 3 amide bonds. The number of nitrogens with zero attached hydrogens (tertiary/aromatic N) is 3. The molecular weight excluding hydrogens is 582 g/mol. The van der Waals surface area contributed by atoms with Crippen LogP contribution in [0.5, 0.6) is 0 Å². The number of fused-ring (bicyclic) bond motifs is 1. The minimum Gasteiger partial charge on any atom is -0.394 e. The van der Waals surface area contributed by atoms with Crippen LogP contribution in [0, 0.1) is 23.2 Å². The molecule has 2 bridgehead atoms. The van der Waals surface area contributed by atoms with Crippen molar-refractivity contribution < 1.29 is 19.5 Å². The molecule has 1 N–H and O–H groups in total. The summed E-state index contributed by atoms with van der Waals surface area (Å²) >= 11 is 1.68. The van der Waals surface area contributed by atoms with Crippen LogP contribution in [0.15, 0.2) is 55.6 Å². The fourth-order valence-electron chi connectivity index (χ4n) is 8.69. The van der Waals surface area contributed by atoms with Crippen molar-refractivity contribution in [3.8, 4) is 0 Å². The van der Waals surface area contributed by atoms with Crippen LogP contribution in [0.25, 0.3) is 0 Å². The molecule has 248 valence electrons. The largest absolute Gasteiger partial charge is 0.394 e. The molecule has 3 fully saturated rings. The number of carbonyl (C=O) groups is 3. The summed E-state index contributed by atoms with van der Waals surface area (Å²) < 4.78 is -1.26. The van der Waals surface area contributed by atoms with E-state index in [1.54, 1.807) is 28.8 Å². The van der Waals surface area contributed by atoms with Gasteiger partial charge in [-0.25, -0.2) is 0 Å². The van der Waals surface area contributed by atoms with Gasteiger partial charge < -0.3 is 19.8 Å². The van der Waals surface area contributed by atoms with Crippen LogP contribution in [0.1, 0.15) is 80.2 Å². The molecule has 4 rings (SSSR count). The molecule has 0 radical (unpaired) electrons. The van der Waals surface area contributed by atoms with Crippen molar-refractivity contribution in [2.45, 2.75) is 108 Å². The monoisotopic (exact) mass is 637 g/mol. The first-order valence-electron chi connectivity index (χ1n) is 16.5. The van der Waals surface area contributed by atoms with Gasteiger partial charge in [-0.1, -0.05) is 77.1 Å². The molecule has 0 saturated carbocycles. The predicted molar refractivity (Wildman–Crippen MR) is 183 cm³/mol. The van der Waals surface area contributed by atoms with Gasteiger partial charge in [0.2, 0.25) is 17.7 Å². The zero-order valence-electron chi connectivity index (χ0n) is 28.7. The van der Waals surface area contributed by atoms with Crippen LogP contribution in [0.2, 0.25) is 0 Å². The first kappa shape index (κ1) is 35.3. The van der Waals surface area contributed by atoms with Crippen LogP contribution < -0.4 is 0 Å². The van der Waals surface area contributed by atoms with Crippen molar-refractivity contribution in [2.24, 2.45) is 23.2 Å². The smallest absolute Gasteiger partial charge is 0.247 e. The van der Waals surface area contributed by atoms with Gasteiger partial charge in [-0.15, -0.1) is 24.9 Å². The molecule has 3 heterocycles. The van der Waals surface area contributed by atoms with E-state index in [-0.39, 0.29) is 35.7 Å². The minimum atomic E-state index is -0.791. The van der Waals surface area contributed by atoms with Crippen molar-refractivity contribution in [3.05, 3.63) is 61.2 Å². The summed E-state index contributed by atoms with van der Waals surface area (Å²) in [5.41, 5.74) is 0.452. The lowest BCUT2D eigenvalue weighted by Crippen LogP contribution is -2.62. The third kappa shape index (κ3) is 6.38. The Hall–Kier alpha value is -2.58. The van der Waals surface area contributed by atoms with Crippen LogP contribution >= 0.6 is 11.8 Å². The fourth-order valence-corrected chi connectivity index (χ4v) is 11.0. The van der Waals surface area contributed by atoms with Crippen molar-refractivity contribution >= 4 is 29.5 Å². The van der Waals surface area contributed by atoms with Crippen LogP contribution in [-0.2, 0) is 20.9 Å². The Morgan fingerprint density at radius 3 is 2.22 bits per heavy atom. The average Bonchev–Trinajstić information content (AvgIpc) is 3.51. The van der Waals surface area contributed by atoms with Crippen molar-refractivity contribution in [2.75, 3.05) is 19.7 Å². The Morgan fingerprint density at radius 2 is 1.69 bits per heavy atom. The Balaban J connectivity index is 1.83. The van der Waals surface area contributed by atoms with Crippen LogP contribution in [-0.4, -0.2) is 84.3 Å². The molecule has 7 nitrogen and oxygen atoms in total. The summed E-state index contributed by atoms with van der Waals surface area (Å²) in [6.07, 6.45) is 5.65. The van der Waals surface area contributed by atoms with Gasteiger partial charge in [-0.05, 0) is 56.9 Å². The lowest BCUT2D eigenvalue weighted by atomic mass is 9.66. The van der Waals surface area contributed by atoms with E-state index in [2.05, 4.69) is 54.7 Å². The van der Waals surface area contributed by atoms with E-state index in [0.717, 1.165) is 18.4 Å². The maximum Gasteiger partial charge on any atom is 0.247 e. The highest BCUT2D eigenvalue weighted by atomic mass is 32.2. The lowest BCUT2D eigenvalue weighted by molar-refractivity contribution is -0.150. The normalized spacial score (nSPS) is 28.3.